The molecule has 21 heavy (non-hydrogen) atoms. The summed E-state index contributed by atoms with van der Waals surface area (Å²) in [5.41, 5.74) is 6.20. The van der Waals surface area contributed by atoms with Gasteiger partial charge in [0.1, 0.15) is 18.2 Å². The van der Waals surface area contributed by atoms with E-state index in [1.54, 1.807) is 30.3 Å². The molecule has 2 aromatic carbocycles. The van der Waals surface area contributed by atoms with Gasteiger partial charge in [0.2, 0.25) is 5.91 Å². The van der Waals surface area contributed by atoms with Crippen molar-refractivity contribution in [2.24, 2.45) is 5.73 Å². The number of halogens is 1. The summed E-state index contributed by atoms with van der Waals surface area (Å²) in [4.78, 5) is 22.8. The number of amides is 1. The van der Waals surface area contributed by atoms with Gasteiger partial charge in [-0.25, -0.2) is 4.39 Å². The van der Waals surface area contributed by atoms with E-state index >= 15 is 0 Å². The highest BCUT2D eigenvalue weighted by atomic mass is 19.1. The van der Waals surface area contributed by atoms with Gasteiger partial charge in [0.15, 0.2) is 5.78 Å². The second-order valence-electron chi connectivity index (χ2n) is 4.52. The van der Waals surface area contributed by atoms with Crippen LogP contribution in [0.15, 0.2) is 48.5 Å². The minimum atomic E-state index is -0.557. The highest BCUT2D eigenvalue weighted by Gasteiger charge is 2.07. The molecule has 2 N–H and O–H groups in total. The van der Waals surface area contributed by atoms with Crippen LogP contribution in [0.2, 0.25) is 0 Å². The summed E-state index contributed by atoms with van der Waals surface area (Å²) in [6.45, 7) is -0.125. The van der Waals surface area contributed by atoms with Crippen molar-refractivity contribution in [3.05, 3.63) is 65.5 Å². The van der Waals surface area contributed by atoms with Gasteiger partial charge in [0, 0.05) is 12.0 Å². The minimum absolute atomic E-state index is 0.125. The number of nitrogens with two attached hydrogens (primary N) is 1. The van der Waals surface area contributed by atoms with Crippen LogP contribution in [0.3, 0.4) is 0 Å². The number of ketones is 1. The van der Waals surface area contributed by atoms with Crippen LogP contribution >= 0.6 is 0 Å². The van der Waals surface area contributed by atoms with Crippen molar-refractivity contribution < 1.29 is 18.7 Å². The lowest BCUT2D eigenvalue weighted by Crippen LogP contribution is -2.15. The van der Waals surface area contributed by atoms with E-state index in [4.69, 9.17) is 10.5 Å². The summed E-state index contributed by atoms with van der Waals surface area (Å²) in [5, 5.41) is 0. The molecular formula is C16H14FNO3. The summed E-state index contributed by atoms with van der Waals surface area (Å²) in [5.74, 6) is -0.645. The molecule has 0 fully saturated rings. The number of hydrogen-bond acceptors (Lipinski definition) is 3. The van der Waals surface area contributed by atoms with Crippen LogP contribution in [0.5, 0.6) is 5.75 Å². The average molecular weight is 287 g/mol. The number of ether oxygens (including phenoxy) is 1. The third-order valence-corrected chi connectivity index (χ3v) is 2.83. The highest BCUT2D eigenvalue weighted by Crippen LogP contribution is 2.13. The van der Waals surface area contributed by atoms with Crippen molar-refractivity contribution in [1.29, 1.82) is 0 Å². The Hall–Kier alpha value is -2.69. The van der Waals surface area contributed by atoms with Gasteiger partial charge in [-0.15, -0.1) is 0 Å². The zero-order valence-electron chi connectivity index (χ0n) is 11.2. The molecule has 1 amide bonds. The van der Waals surface area contributed by atoms with Crippen LogP contribution in [-0.4, -0.2) is 18.3 Å². The standard InChI is InChI=1S/C16H14FNO3/c17-13-6-4-11(5-7-13)8-14(19)10-21-15-3-1-2-12(9-15)16(18)20/h1-7,9H,8,10H2,(H2,18,20). The van der Waals surface area contributed by atoms with E-state index in [2.05, 4.69) is 0 Å². The Morgan fingerprint density at radius 2 is 1.81 bits per heavy atom. The molecule has 0 atom stereocenters. The molecule has 0 saturated carbocycles. The van der Waals surface area contributed by atoms with E-state index in [-0.39, 0.29) is 24.6 Å². The first-order chi connectivity index (χ1) is 10.0. The summed E-state index contributed by atoms with van der Waals surface area (Å²) in [6, 6.07) is 12.0. The van der Waals surface area contributed by atoms with E-state index in [0.29, 0.717) is 11.3 Å². The molecular weight excluding hydrogens is 273 g/mol. The van der Waals surface area contributed by atoms with Crippen LogP contribution in [-0.2, 0) is 11.2 Å². The lowest BCUT2D eigenvalue weighted by atomic mass is 10.1. The average Bonchev–Trinajstić information content (AvgIpc) is 2.48. The zero-order chi connectivity index (χ0) is 15.2. The fourth-order valence-electron chi connectivity index (χ4n) is 1.78. The number of hydrogen-bond donors (Lipinski definition) is 1. The van der Waals surface area contributed by atoms with Crippen LogP contribution in [0.1, 0.15) is 15.9 Å². The maximum atomic E-state index is 12.7. The predicted molar refractivity (Wildman–Crippen MR) is 75.6 cm³/mol. The summed E-state index contributed by atoms with van der Waals surface area (Å²) in [6.07, 6.45) is 0.162. The summed E-state index contributed by atoms with van der Waals surface area (Å²) in [7, 11) is 0. The van der Waals surface area contributed by atoms with Gasteiger partial charge in [-0.1, -0.05) is 18.2 Å². The van der Waals surface area contributed by atoms with Gasteiger partial charge in [-0.05, 0) is 35.9 Å². The first-order valence-corrected chi connectivity index (χ1v) is 6.33. The first-order valence-electron chi connectivity index (χ1n) is 6.33. The van der Waals surface area contributed by atoms with Crippen molar-refractivity contribution in [1.82, 2.24) is 0 Å². The van der Waals surface area contributed by atoms with Crippen molar-refractivity contribution in [2.75, 3.05) is 6.61 Å². The summed E-state index contributed by atoms with van der Waals surface area (Å²) >= 11 is 0. The quantitative estimate of drug-likeness (QED) is 0.884. The molecule has 0 aliphatic carbocycles. The van der Waals surface area contributed by atoms with Gasteiger partial charge < -0.3 is 10.5 Å². The first kappa shape index (κ1) is 14.7. The molecule has 5 heteroatoms. The fourth-order valence-corrected chi connectivity index (χ4v) is 1.78. The number of carbonyl (C=O) groups is 2. The molecule has 108 valence electrons. The van der Waals surface area contributed by atoms with Crippen molar-refractivity contribution in [2.45, 2.75) is 6.42 Å². The van der Waals surface area contributed by atoms with Crippen LogP contribution < -0.4 is 10.5 Å². The normalized spacial score (nSPS) is 10.1. The van der Waals surface area contributed by atoms with E-state index in [0.717, 1.165) is 5.56 Å². The molecule has 0 radical (unpaired) electrons. The molecule has 0 aliphatic rings. The van der Waals surface area contributed by atoms with Gasteiger partial charge >= 0.3 is 0 Å². The number of benzene rings is 2. The fraction of sp³-hybridized carbons (Fsp3) is 0.125. The largest absolute Gasteiger partial charge is 0.486 e. The van der Waals surface area contributed by atoms with Crippen molar-refractivity contribution in [3.8, 4) is 5.75 Å². The van der Waals surface area contributed by atoms with Crippen LogP contribution in [0, 0.1) is 5.82 Å². The Kier molecular flexibility index (Phi) is 4.66. The Balaban J connectivity index is 1.90. The predicted octanol–water partition coefficient (Wildman–Crippen LogP) is 2.12. The number of Topliss-reactive ketones (excluding diaryl/α,β-unsaturated/α-hetero) is 1. The maximum absolute atomic E-state index is 12.7. The van der Waals surface area contributed by atoms with Crippen molar-refractivity contribution in [3.63, 3.8) is 0 Å². The Labute approximate surface area is 121 Å². The second kappa shape index (κ2) is 6.65. The Bertz CT molecular complexity index is 653. The molecule has 0 aromatic heterocycles. The maximum Gasteiger partial charge on any atom is 0.248 e. The van der Waals surface area contributed by atoms with Crippen LogP contribution in [0.25, 0.3) is 0 Å². The Morgan fingerprint density at radius 3 is 2.48 bits per heavy atom. The molecule has 0 aliphatic heterocycles. The third-order valence-electron chi connectivity index (χ3n) is 2.83. The van der Waals surface area contributed by atoms with Gasteiger partial charge in [-0.3, -0.25) is 9.59 Å². The highest BCUT2D eigenvalue weighted by molar-refractivity contribution is 5.93. The number of rotatable bonds is 6. The molecule has 0 spiro atoms. The Morgan fingerprint density at radius 1 is 1.10 bits per heavy atom. The SMILES string of the molecule is NC(=O)c1cccc(OCC(=O)Cc2ccc(F)cc2)c1. The van der Waals surface area contributed by atoms with Gasteiger partial charge in [0.25, 0.3) is 0 Å². The van der Waals surface area contributed by atoms with Gasteiger partial charge in [-0.2, -0.15) is 0 Å². The van der Waals surface area contributed by atoms with Crippen molar-refractivity contribution >= 4 is 11.7 Å². The molecule has 0 bridgehead atoms. The molecule has 2 aromatic rings. The van der Waals surface area contributed by atoms with Gasteiger partial charge in [0.05, 0.1) is 0 Å². The smallest absolute Gasteiger partial charge is 0.248 e. The molecule has 0 unspecified atom stereocenters. The monoisotopic (exact) mass is 287 g/mol. The lowest BCUT2D eigenvalue weighted by Gasteiger charge is -2.06. The van der Waals surface area contributed by atoms with E-state index < -0.39 is 5.91 Å². The van der Waals surface area contributed by atoms with E-state index in [9.17, 15) is 14.0 Å². The summed E-state index contributed by atoms with van der Waals surface area (Å²) < 4.78 is 18.1. The molecule has 2 rings (SSSR count). The number of carbonyl (C=O) groups excluding carboxylic acids is 2. The zero-order valence-corrected chi connectivity index (χ0v) is 11.2. The third kappa shape index (κ3) is 4.42. The molecule has 0 saturated heterocycles. The molecule has 0 heterocycles. The topological polar surface area (TPSA) is 69.4 Å². The van der Waals surface area contributed by atoms with E-state index in [1.807, 2.05) is 0 Å². The van der Waals surface area contributed by atoms with E-state index in [1.165, 1.54) is 18.2 Å². The minimum Gasteiger partial charge on any atom is -0.486 e. The molecule has 4 nitrogen and oxygen atoms in total. The number of primary amides is 1. The van der Waals surface area contributed by atoms with Crippen LogP contribution in [0.4, 0.5) is 4.39 Å². The second-order valence-corrected chi connectivity index (χ2v) is 4.52. The lowest BCUT2D eigenvalue weighted by molar-refractivity contribution is -0.120.